The maximum Gasteiger partial charge on any atom is 0.151 e. The van der Waals surface area contributed by atoms with Crippen molar-refractivity contribution in [2.45, 2.75) is 166 Å². The van der Waals surface area contributed by atoms with E-state index < -0.39 is 15.2 Å². The maximum absolute atomic E-state index is 14.0. The van der Waals surface area contributed by atoms with E-state index in [9.17, 15) is 4.79 Å². The molecule has 3 heteroatoms. The van der Waals surface area contributed by atoms with E-state index in [0.29, 0.717) is 5.78 Å². The van der Waals surface area contributed by atoms with Crippen LogP contribution in [0.3, 0.4) is 0 Å². The number of carbonyl (C=O) groups is 1. The van der Waals surface area contributed by atoms with Gasteiger partial charge in [-0.15, -0.1) is 0 Å². The number of unbranched alkanes of at least 4 members (excludes halogenated alkanes) is 4. The van der Waals surface area contributed by atoms with Crippen LogP contribution >= 0.6 is 23.2 Å². The Labute approximate surface area is 245 Å². The number of carbonyl (C=O) groups excluding carboxylic acids is 1. The fraction of sp³-hybridized carbons (Fsp3) is 0.971. The molecular weight excluding hydrogens is 507 g/mol. The minimum absolute atomic E-state index is 0.435. The molecule has 0 amide bonds. The Balaban J connectivity index is 1.07. The van der Waals surface area contributed by atoms with Crippen LogP contribution in [-0.2, 0) is 4.79 Å². The quantitative estimate of drug-likeness (QED) is 0.201. The number of Topliss-reactive ketones (excluding diaryl/α,β-unsaturated/α-hetero) is 1. The summed E-state index contributed by atoms with van der Waals surface area (Å²) in [5, 5.41) is 0. The van der Waals surface area contributed by atoms with E-state index in [-0.39, 0.29) is 0 Å². The topological polar surface area (TPSA) is 17.1 Å². The van der Waals surface area contributed by atoms with Gasteiger partial charge in [0.15, 0.2) is 5.78 Å². The summed E-state index contributed by atoms with van der Waals surface area (Å²) in [5.41, 5.74) is -0.871. The number of hydrogen-bond donors (Lipinski definition) is 0. The van der Waals surface area contributed by atoms with Gasteiger partial charge in [0, 0.05) is 0 Å². The third-order valence-electron chi connectivity index (χ3n) is 13.2. The molecule has 0 saturated heterocycles. The van der Waals surface area contributed by atoms with Crippen LogP contribution in [0, 0.1) is 46.3 Å². The molecule has 5 rings (SSSR count). The molecular formula is C35H58Cl2O. The summed E-state index contributed by atoms with van der Waals surface area (Å²) in [5.74, 6) is 5.78. The van der Waals surface area contributed by atoms with E-state index >= 15 is 0 Å². The third kappa shape index (κ3) is 5.41. The van der Waals surface area contributed by atoms with Crippen molar-refractivity contribution in [1.29, 1.82) is 0 Å². The van der Waals surface area contributed by atoms with Crippen molar-refractivity contribution in [2.75, 3.05) is 0 Å². The van der Waals surface area contributed by atoms with E-state index in [1.54, 1.807) is 0 Å². The van der Waals surface area contributed by atoms with Crippen molar-refractivity contribution >= 4 is 29.0 Å². The molecule has 0 aromatic carbocycles. The SMILES string of the molecule is CCCCCCCC1CCC(C2CC[C@]3(CC2)C(=O)[C@@]2(CC[C@@H](C4CCC(CC)CC4)CC2)C3(Cl)Cl)CC1. The van der Waals surface area contributed by atoms with Crippen molar-refractivity contribution in [2.24, 2.45) is 46.3 Å². The Morgan fingerprint density at radius 1 is 0.579 bits per heavy atom. The summed E-state index contributed by atoms with van der Waals surface area (Å²) < 4.78 is -0.831. The Morgan fingerprint density at radius 2 is 1.00 bits per heavy atom. The van der Waals surface area contributed by atoms with Gasteiger partial charge in [-0.2, -0.15) is 0 Å². The first-order valence-electron chi connectivity index (χ1n) is 17.3. The van der Waals surface area contributed by atoms with Gasteiger partial charge in [0.05, 0.1) is 10.8 Å². The molecule has 38 heavy (non-hydrogen) atoms. The summed E-state index contributed by atoms with van der Waals surface area (Å²) in [6.07, 6.45) is 29.8. The smallest absolute Gasteiger partial charge is 0.151 e. The summed E-state index contributed by atoms with van der Waals surface area (Å²) >= 11 is 14.6. The predicted octanol–water partition coefficient (Wildman–Crippen LogP) is 11.5. The second-order valence-electron chi connectivity index (χ2n) is 14.9. The average Bonchev–Trinajstić information content (AvgIpc) is 2.97. The van der Waals surface area contributed by atoms with Crippen LogP contribution in [0.15, 0.2) is 0 Å². The molecule has 1 nitrogen and oxygen atoms in total. The van der Waals surface area contributed by atoms with Gasteiger partial charge in [0.1, 0.15) is 4.33 Å². The average molecular weight is 566 g/mol. The highest BCUT2D eigenvalue weighted by Crippen LogP contribution is 2.75. The van der Waals surface area contributed by atoms with Gasteiger partial charge in [-0.1, -0.05) is 108 Å². The Bertz CT molecular complexity index is 757. The number of hydrogen-bond acceptors (Lipinski definition) is 1. The van der Waals surface area contributed by atoms with Crippen LogP contribution in [0.25, 0.3) is 0 Å². The molecule has 2 spiro atoms. The summed E-state index contributed by atoms with van der Waals surface area (Å²) in [6.45, 7) is 4.65. The lowest BCUT2D eigenvalue weighted by Crippen LogP contribution is -2.74. The molecule has 0 aromatic heterocycles. The molecule has 5 aliphatic carbocycles. The molecule has 5 aliphatic rings. The second-order valence-corrected chi connectivity index (χ2v) is 16.2. The maximum atomic E-state index is 14.0. The fourth-order valence-electron chi connectivity index (χ4n) is 10.5. The minimum atomic E-state index is -0.831. The molecule has 5 saturated carbocycles. The molecule has 218 valence electrons. The van der Waals surface area contributed by atoms with E-state index in [0.717, 1.165) is 61.2 Å². The zero-order valence-electron chi connectivity index (χ0n) is 24.9. The van der Waals surface area contributed by atoms with Gasteiger partial charge in [-0.05, 0) is 113 Å². The van der Waals surface area contributed by atoms with E-state index in [1.807, 2.05) is 0 Å². The molecule has 0 heterocycles. The Hall–Kier alpha value is 0.250. The number of ketones is 1. The molecule has 0 unspecified atom stereocenters. The largest absolute Gasteiger partial charge is 0.298 e. The number of halogens is 2. The molecule has 0 bridgehead atoms. The molecule has 0 N–H and O–H groups in total. The van der Waals surface area contributed by atoms with Crippen molar-refractivity contribution in [3.05, 3.63) is 0 Å². The van der Waals surface area contributed by atoms with Crippen LogP contribution in [0.5, 0.6) is 0 Å². The zero-order chi connectivity index (χ0) is 26.8. The standard InChI is InChI=1S/C35H58Cl2O/c1-3-5-6-7-8-9-27-12-16-29(17-13-27)31-20-24-34(25-21-31)32(38)33(35(34,36)37)22-18-30(19-23-33)28-14-10-26(4-2)11-15-28/h26-31H,3-25H2,1-2H3/t26?,27?,28?,29?,30-,31?,33+,34-. The highest BCUT2D eigenvalue weighted by molar-refractivity contribution is 6.55. The van der Waals surface area contributed by atoms with Crippen LogP contribution in [-0.4, -0.2) is 10.1 Å². The van der Waals surface area contributed by atoms with Crippen LogP contribution in [0.4, 0.5) is 0 Å². The first-order chi connectivity index (χ1) is 18.4. The van der Waals surface area contributed by atoms with E-state index in [4.69, 9.17) is 23.2 Å². The van der Waals surface area contributed by atoms with Gasteiger partial charge in [-0.25, -0.2) is 0 Å². The van der Waals surface area contributed by atoms with E-state index in [1.165, 1.54) is 122 Å². The van der Waals surface area contributed by atoms with Gasteiger partial charge >= 0.3 is 0 Å². The van der Waals surface area contributed by atoms with Gasteiger partial charge in [0.2, 0.25) is 0 Å². The van der Waals surface area contributed by atoms with Gasteiger partial charge in [0.25, 0.3) is 0 Å². The van der Waals surface area contributed by atoms with Gasteiger partial charge in [-0.3, -0.25) is 4.79 Å². The first-order valence-corrected chi connectivity index (χ1v) is 18.0. The second kappa shape index (κ2) is 12.6. The van der Waals surface area contributed by atoms with E-state index in [2.05, 4.69) is 13.8 Å². The zero-order valence-corrected chi connectivity index (χ0v) is 26.4. The van der Waals surface area contributed by atoms with Crippen LogP contribution < -0.4 is 0 Å². The first kappa shape index (κ1) is 29.7. The lowest BCUT2D eigenvalue weighted by atomic mass is 9.41. The summed E-state index contributed by atoms with van der Waals surface area (Å²) in [4.78, 5) is 14.0. The molecule has 0 atom stereocenters. The monoisotopic (exact) mass is 564 g/mol. The van der Waals surface area contributed by atoms with Crippen LogP contribution in [0.1, 0.15) is 162 Å². The van der Waals surface area contributed by atoms with Crippen molar-refractivity contribution in [3.8, 4) is 0 Å². The predicted molar refractivity (Wildman–Crippen MR) is 163 cm³/mol. The fourth-order valence-corrected chi connectivity index (χ4v) is 11.6. The lowest BCUT2D eigenvalue weighted by molar-refractivity contribution is -0.173. The number of alkyl halides is 2. The van der Waals surface area contributed by atoms with Crippen LogP contribution in [0.2, 0.25) is 0 Å². The third-order valence-corrected chi connectivity index (χ3v) is 14.7. The lowest BCUT2D eigenvalue weighted by Gasteiger charge is -2.67. The Kier molecular flexibility index (Phi) is 9.88. The molecule has 0 radical (unpaired) electrons. The molecule has 0 aliphatic heterocycles. The summed E-state index contributed by atoms with van der Waals surface area (Å²) in [6, 6.07) is 0. The van der Waals surface area contributed by atoms with Crippen molar-refractivity contribution in [1.82, 2.24) is 0 Å². The highest BCUT2D eigenvalue weighted by Gasteiger charge is 2.79. The highest BCUT2D eigenvalue weighted by atomic mass is 35.5. The van der Waals surface area contributed by atoms with Gasteiger partial charge < -0.3 is 0 Å². The molecule has 5 fully saturated rings. The molecule has 0 aromatic rings. The minimum Gasteiger partial charge on any atom is -0.298 e. The Morgan fingerprint density at radius 3 is 1.42 bits per heavy atom. The number of rotatable bonds is 9. The van der Waals surface area contributed by atoms with Crippen molar-refractivity contribution < 1.29 is 4.79 Å². The summed E-state index contributed by atoms with van der Waals surface area (Å²) in [7, 11) is 0. The van der Waals surface area contributed by atoms with Crippen molar-refractivity contribution in [3.63, 3.8) is 0 Å². The normalized spacial score (nSPS) is 43.3.